The number of hydrogen-bond acceptors (Lipinski definition) is 2. The summed E-state index contributed by atoms with van der Waals surface area (Å²) in [5.41, 5.74) is 0.617. The first-order valence-corrected chi connectivity index (χ1v) is 6.30. The van der Waals surface area contributed by atoms with E-state index in [0.29, 0.717) is 17.9 Å². The molecule has 0 radical (unpaired) electrons. The molecule has 0 amide bonds. The fourth-order valence-electron chi connectivity index (χ4n) is 0.963. The predicted molar refractivity (Wildman–Crippen MR) is 60.0 cm³/mol. The quantitative estimate of drug-likeness (QED) is 0.629. The molecule has 3 nitrogen and oxygen atoms in total. The molecule has 1 aromatic rings. The lowest BCUT2D eigenvalue weighted by Gasteiger charge is -1.97. The van der Waals surface area contributed by atoms with Crippen LogP contribution in [0.5, 0.6) is 0 Å². The molecule has 0 heterocycles. The van der Waals surface area contributed by atoms with Crippen LogP contribution >= 0.6 is 11.6 Å². The van der Waals surface area contributed by atoms with Crippen molar-refractivity contribution in [3.8, 4) is 11.8 Å². The van der Waals surface area contributed by atoms with E-state index in [2.05, 4.69) is 11.8 Å². The molecule has 0 saturated carbocycles. The Bertz CT molecular complexity index is 500. The summed E-state index contributed by atoms with van der Waals surface area (Å²) in [6, 6.07) is 6.19. The van der Waals surface area contributed by atoms with E-state index >= 15 is 0 Å². The average molecular weight is 244 g/mol. The van der Waals surface area contributed by atoms with Crippen molar-refractivity contribution < 1.29 is 8.42 Å². The van der Waals surface area contributed by atoms with Crippen molar-refractivity contribution in [2.75, 3.05) is 5.88 Å². The molecule has 0 unspecified atom stereocenters. The fourth-order valence-corrected chi connectivity index (χ4v) is 1.62. The molecule has 0 atom stereocenters. The number of halogens is 1. The van der Waals surface area contributed by atoms with Gasteiger partial charge < -0.3 is 0 Å². The van der Waals surface area contributed by atoms with Gasteiger partial charge in [0, 0.05) is 17.9 Å². The summed E-state index contributed by atoms with van der Waals surface area (Å²) in [5, 5.41) is 4.98. The molecular formula is C10H10ClNO2S. The lowest BCUT2D eigenvalue weighted by molar-refractivity contribution is 0.598. The molecule has 0 aliphatic heterocycles. The highest BCUT2D eigenvalue weighted by molar-refractivity contribution is 7.89. The summed E-state index contributed by atoms with van der Waals surface area (Å²) in [4.78, 5) is 0.0696. The van der Waals surface area contributed by atoms with Gasteiger partial charge in [0.05, 0.1) is 4.90 Å². The third kappa shape index (κ3) is 3.92. The van der Waals surface area contributed by atoms with Crippen LogP contribution in [0, 0.1) is 11.8 Å². The molecule has 0 aromatic heterocycles. The normalized spacial score (nSPS) is 10.5. The van der Waals surface area contributed by atoms with Crippen LogP contribution in [0.2, 0.25) is 0 Å². The SMILES string of the molecule is NS(=O)(=O)c1cccc(C#CCCCl)c1. The van der Waals surface area contributed by atoms with Crippen LogP contribution in [0.25, 0.3) is 0 Å². The summed E-state index contributed by atoms with van der Waals surface area (Å²) in [6.45, 7) is 0. The second-order valence-electron chi connectivity index (χ2n) is 2.81. The lowest BCUT2D eigenvalue weighted by Crippen LogP contribution is -2.11. The molecular weight excluding hydrogens is 234 g/mol. The minimum Gasteiger partial charge on any atom is -0.225 e. The van der Waals surface area contributed by atoms with Crippen molar-refractivity contribution in [1.82, 2.24) is 0 Å². The highest BCUT2D eigenvalue weighted by Crippen LogP contribution is 2.08. The Labute approximate surface area is 94.3 Å². The van der Waals surface area contributed by atoms with Gasteiger partial charge in [0.15, 0.2) is 0 Å². The Hall–Kier alpha value is -1.02. The van der Waals surface area contributed by atoms with Gasteiger partial charge in [-0.25, -0.2) is 13.6 Å². The summed E-state index contributed by atoms with van der Waals surface area (Å²) in [5.74, 6) is 6.08. The maximum Gasteiger partial charge on any atom is 0.238 e. The zero-order valence-corrected chi connectivity index (χ0v) is 9.48. The third-order valence-corrected chi connectivity index (χ3v) is 2.71. The van der Waals surface area contributed by atoms with Crippen LogP contribution in [0.3, 0.4) is 0 Å². The molecule has 0 spiro atoms. The Morgan fingerprint density at radius 1 is 1.40 bits per heavy atom. The molecule has 0 saturated heterocycles. The first-order valence-electron chi connectivity index (χ1n) is 4.22. The number of sulfonamides is 1. The van der Waals surface area contributed by atoms with Crippen LogP contribution in [0.15, 0.2) is 29.2 Å². The van der Waals surface area contributed by atoms with Gasteiger partial charge in [-0.15, -0.1) is 11.6 Å². The summed E-state index contributed by atoms with van der Waals surface area (Å²) in [7, 11) is -3.65. The van der Waals surface area contributed by atoms with E-state index in [1.54, 1.807) is 12.1 Å². The average Bonchev–Trinajstić information content (AvgIpc) is 2.17. The smallest absolute Gasteiger partial charge is 0.225 e. The van der Waals surface area contributed by atoms with Crippen LogP contribution in [-0.2, 0) is 10.0 Å². The zero-order chi connectivity index (χ0) is 11.3. The zero-order valence-electron chi connectivity index (χ0n) is 7.90. The second-order valence-corrected chi connectivity index (χ2v) is 4.75. The van der Waals surface area contributed by atoms with Crippen molar-refractivity contribution in [2.45, 2.75) is 11.3 Å². The standard InChI is InChI=1S/C10H10ClNO2S/c11-7-2-1-4-9-5-3-6-10(8-9)15(12,13)14/h3,5-6,8H,2,7H2,(H2,12,13,14). The largest absolute Gasteiger partial charge is 0.238 e. The minimum atomic E-state index is -3.65. The van der Waals surface area contributed by atoms with E-state index in [0.717, 1.165) is 0 Å². The van der Waals surface area contributed by atoms with Gasteiger partial charge in [0.1, 0.15) is 0 Å². The number of rotatable bonds is 2. The van der Waals surface area contributed by atoms with Crippen LogP contribution in [-0.4, -0.2) is 14.3 Å². The van der Waals surface area contributed by atoms with E-state index in [1.807, 2.05) is 0 Å². The minimum absolute atomic E-state index is 0.0696. The second kappa shape index (κ2) is 5.17. The summed E-state index contributed by atoms with van der Waals surface area (Å²) in [6.07, 6.45) is 0.571. The van der Waals surface area contributed by atoms with Crippen molar-refractivity contribution >= 4 is 21.6 Å². The molecule has 0 fully saturated rings. The lowest BCUT2D eigenvalue weighted by atomic mass is 10.2. The summed E-state index contributed by atoms with van der Waals surface area (Å²) < 4.78 is 22.0. The van der Waals surface area contributed by atoms with E-state index < -0.39 is 10.0 Å². The van der Waals surface area contributed by atoms with Crippen LogP contribution in [0.4, 0.5) is 0 Å². The topological polar surface area (TPSA) is 60.2 Å². The van der Waals surface area contributed by atoms with E-state index in [4.69, 9.17) is 16.7 Å². The first kappa shape index (κ1) is 12.1. The Morgan fingerprint density at radius 3 is 2.73 bits per heavy atom. The van der Waals surface area contributed by atoms with E-state index in [-0.39, 0.29) is 4.90 Å². The van der Waals surface area contributed by atoms with Crippen molar-refractivity contribution in [1.29, 1.82) is 0 Å². The Morgan fingerprint density at radius 2 is 2.13 bits per heavy atom. The molecule has 15 heavy (non-hydrogen) atoms. The Kier molecular flexibility index (Phi) is 4.15. The van der Waals surface area contributed by atoms with Crippen molar-refractivity contribution in [2.24, 2.45) is 5.14 Å². The number of primary sulfonamides is 1. The van der Waals surface area contributed by atoms with E-state index in [9.17, 15) is 8.42 Å². The van der Waals surface area contributed by atoms with Gasteiger partial charge >= 0.3 is 0 Å². The van der Waals surface area contributed by atoms with Crippen LogP contribution < -0.4 is 5.14 Å². The highest BCUT2D eigenvalue weighted by atomic mass is 35.5. The van der Waals surface area contributed by atoms with Gasteiger partial charge in [-0.2, -0.15) is 0 Å². The Balaban J connectivity index is 3.00. The van der Waals surface area contributed by atoms with E-state index in [1.165, 1.54) is 12.1 Å². The van der Waals surface area contributed by atoms with Gasteiger partial charge in [-0.1, -0.05) is 17.9 Å². The predicted octanol–water partition coefficient (Wildman–Crippen LogP) is 1.31. The molecule has 0 aliphatic carbocycles. The van der Waals surface area contributed by atoms with Crippen molar-refractivity contribution in [3.63, 3.8) is 0 Å². The summed E-state index contributed by atoms with van der Waals surface area (Å²) >= 11 is 5.45. The maximum atomic E-state index is 11.0. The molecule has 2 N–H and O–H groups in total. The first-order chi connectivity index (χ1) is 7.04. The molecule has 5 heteroatoms. The third-order valence-electron chi connectivity index (χ3n) is 1.61. The molecule has 1 aromatic carbocycles. The molecule has 0 bridgehead atoms. The van der Waals surface area contributed by atoms with Gasteiger partial charge in [-0.3, -0.25) is 0 Å². The van der Waals surface area contributed by atoms with Crippen molar-refractivity contribution in [3.05, 3.63) is 29.8 Å². The maximum absolute atomic E-state index is 11.0. The number of alkyl halides is 1. The highest BCUT2D eigenvalue weighted by Gasteiger charge is 2.06. The molecule has 0 aliphatic rings. The molecule has 80 valence electrons. The van der Waals surface area contributed by atoms with Gasteiger partial charge in [0.2, 0.25) is 10.0 Å². The van der Waals surface area contributed by atoms with Gasteiger partial charge in [0.25, 0.3) is 0 Å². The molecule has 1 rings (SSSR count). The van der Waals surface area contributed by atoms with Gasteiger partial charge in [-0.05, 0) is 18.2 Å². The number of benzene rings is 1. The fraction of sp³-hybridized carbons (Fsp3) is 0.200. The monoisotopic (exact) mass is 243 g/mol. The van der Waals surface area contributed by atoms with Crippen LogP contribution in [0.1, 0.15) is 12.0 Å². The number of nitrogens with two attached hydrogens (primary N) is 1. The number of hydrogen-bond donors (Lipinski definition) is 1.